The van der Waals surface area contributed by atoms with E-state index in [-0.39, 0.29) is 17.0 Å². The number of hydrogen-bond donors (Lipinski definition) is 2. The van der Waals surface area contributed by atoms with E-state index in [9.17, 15) is 0 Å². The summed E-state index contributed by atoms with van der Waals surface area (Å²) in [5, 5.41) is 10.6. The Morgan fingerprint density at radius 2 is 2.23 bits per heavy atom. The molecule has 0 aromatic heterocycles. The Morgan fingerprint density at radius 1 is 1.69 bits per heavy atom. The zero-order valence-corrected chi connectivity index (χ0v) is 9.62. The van der Waals surface area contributed by atoms with Crippen molar-refractivity contribution in [3.05, 3.63) is 23.9 Å². The molecule has 76 valence electrons. The maximum atomic E-state index is 9.00. The van der Waals surface area contributed by atoms with Crippen LogP contribution in [0.15, 0.2) is 23.9 Å². The minimum absolute atomic E-state index is 0. The topological polar surface area (TPSA) is 49.3 Å². The van der Waals surface area contributed by atoms with Crippen LogP contribution in [0, 0.1) is 0 Å². The van der Waals surface area contributed by atoms with Gasteiger partial charge >= 0.3 is 0 Å². The number of carbonyl (C=O) groups is 1. The fraction of sp³-hybridized carbons (Fsp3) is 0.444. The molecule has 0 saturated carbocycles. The molecule has 3 nitrogen and oxygen atoms in total. The molecule has 1 aliphatic heterocycles. The Morgan fingerprint density at radius 3 is 2.46 bits per heavy atom. The van der Waals surface area contributed by atoms with E-state index in [2.05, 4.69) is 30.6 Å². The minimum atomic E-state index is -0.833. The molecule has 0 amide bonds. The summed E-state index contributed by atoms with van der Waals surface area (Å²) >= 11 is 0. The molecule has 0 radical (unpaired) electrons. The van der Waals surface area contributed by atoms with Crippen molar-refractivity contribution in [1.82, 2.24) is 5.32 Å². The molecular formula is C9H16BrNO2. The van der Waals surface area contributed by atoms with Gasteiger partial charge in [0, 0.05) is 13.5 Å². The van der Waals surface area contributed by atoms with E-state index in [1.165, 1.54) is 5.57 Å². The monoisotopic (exact) mass is 249 g/mol. The summed E-state index contributed by atoms with van der Waals surface area (Å²) in [4.78, 5) is 9.00. The predicted molar refractivity (Wildman–Crippen MR) is 59.1 cm³/mol. The van der Waals surface area contributed by atoms with Crippen LogP contribution in [-0.4, -0.2) is 17.6 Å². The van der Waals surface area contributed by atoms with Crippen molar-refractivity contribution in [1.29, 1.82) is 0 Å². The molecule has 0 bridgehead atoms. The van der Waals surface area contributed by atoms with Gasteiger partial charge < -0.3 is 10.4 Å². The second kappa shape index (κ2) is 9.32. The molecular weight excluding hydrogens is 234 g/mol. The van der Waals surface area contributed by atoms with Crippen LogP contribution in [0.3, 0.4) is 0 Å². The highest BCUT2D eigenvalue weighted by Crippen LogP contribution is 2.02. The highest BCUT2D eigenvalue weighted by Gasteiger charge is 1.89. The zero-order chi connectivity index (χ0) is 9.40. The van der Waals surface area contributed by atoms with Gasteiger partial charge in [-0.2, -0.15) is 0 Å². The van der Waals surface area contributed by atoms with Crippen molar-refractivity contribution in [3.63, 3.8) is 0 Å². The summed E-state index contributed by atoms with van der Waals surface area (Å²) in [5.74, 6) is -0.833. The number of carboxylic acid groups (broad SMARTS) is 1. The summed E-state index contributed by atoms with van der Waals surface area (Å²) in [6.07, 6.45) is 7.50. The van der Waals surface area contributed by atoms with Crippen LogP contribution in [0.1, 0.15) is 20.3 Å². The summed E-state index contributed by atoms with van der Waals surface area (Å²) in [7, 11) is 0. The number of dihydropyridines is 1. The number of allylic oxidation sites excluding steroid dienone is 2. The first-order chi connectivity index (χ1) is 5.66. The normalized spacial score (nSPS) is 12.6. The Labute approximate surface area is 89.3 Å². The maximum absolute atomic E-state index is 9.00. The molecule has 0 fully saturated rings. The number of aliphatic carboxylic acids is 1. The highest BCUT2D eigenvalue weighted by atomic mass is 79.9. The molecule has 0 spiro atoms. The van der Waals surface area contributed by atoms with E-state index in [1.54, 1.807) is 0 Å². The first-order valence-electron chi connectivity index (χ1n) is 3.95. The van der Waals surface area contributed by atoms with Gasteiger partial charge in [0.05, 0.1) is 0 Å². The van der Waals surface area contributed by atoms with E-state index in [1.807, 2.05) is 0 Å². The van der Waals surface area contributed by atoms with Gasteiger partial charge in [-0.05, 0) is 18.2 Å². The fourth-order valence-corrected chi connectivity index (χ4v) is 0.736. The van der Waals surface area contributed by atoms with Gasteiger partial charge in [-0.15, -0.1) is 17.0 Å². The van der Waals surface area contributed by atoms with Crippen LogP contribution in [0.4, 0.5) is 0 Å². The van der Waals surface area contributed by atoms with Gasteiger partial charge in [-0.25, -0.2) is 0 Å². The summed E-state index contributed by atoms with van der Waals surface area (Å²) in [6, 6.07) is 0. The summed E-state index contributed by atoms with van der Waals surface area (Å²) in [6.45, 7) is 4.23. The lowest BCUT2D eigenvalue weighted by Gasteiger charge is -2.04. The lowest BCUT2D eigenvalue weighted by molar-refractivity contribution is -0.134. The molecule has 13 heavy (non-hydrogen) atoms. The predicted octanol–water partition coefficient (Wildman–Crippen LogP) is 2.11. The van der Waals surface area contributed by atoms with Crippen LogP contribution in [-0.2, 0) is 4.79 Å². The summed E-state index contributed by atoms with van der Waals surface area (Å²) < 4.78 is 0. The second-order valence-electron chi connectivity index (χ2n) is 2.40. The average molecular weight is 250 g/mol. The first-order valence-corrected chi connectivity index (χ1v) is 3.95. The van der Waals surface area contributed by atoms with E-state index in [0.29, 0.717) is 0 Å². The Hall–Kier alpha value is -0.770. The van der Waals surface area contributed by atoms with Gasteiger partial charge in [0.15, 0.2) is 0 Å². The van der Waals surface area contributed by atoms with Gasteiger partial charge in [0.1, 0.15) is 0 Å². The van der Waals surface area contributed by atoms with Crippen molar-refractivity contribution in [3.8, 4) is 0 Å². The number of rotatable bonds is 1. The van der Waals surface area contributed by atoms with Crippen molar-refractivity contribution >= 4 is 23.0 Å². The third-order valence-electron chi connectivity index (χ3n) is 1.26. The quantitative estimate of drug-likeness (QED) is 0.749. The molecule has 0 saturated heterocycles. The lowest BCUT2D eigenvalue weighted by Crippen LogP contribution is -2.08. The van der Waals surface area contributed by atoms with E-state index in [4.69, 9.17) is 9.90 Å². The first kappa shape index (κ1) is 14.7. The molecule has 0 aromatic carbocycles. The van der Waals surface area contributed by atoms with E-state index < -0.39 is 5.97 Å². The zero-order valence-electron chi connectivity index (χ0n) is 7.91. The molecule has 0 aromatic rings. The fourth-order valence-electron chi connectivity index (χ4n) is 0.736. The van der Waals surface area contributed by atoms with Gasteiger partial charge in [-0.1, -0.05) is 19.1 Å². The maximum Gasteiger partial charge on any atom is 0.300 e. The SMILES string of the molecule is Br.CC(=O)O.CCC1=CNCC=C1. The average Bonchev–Trinajstić information content (AvgIpc) is 2.05. The van der Waals surface area contributed by atoms with Gasteiger partial charge in [-0.3, -0.25) is 4.79 Å². The molecule has 0 aliphatic carbocycles. The van der Waals surface area contributed by atoms with Gasteiger partial charge in [0.25, 0.3) is 5.97 Å². The third-order valence-corrected chi connectivity index (χ3v) is 1.26. The molecule has 1 rings (SSSR count). The number of carboxylic acids is 1. The van der Waals surface area contributed by atoms with Crippen LogP contribution >= 0.6 is 17.0 Å². The standard InChI is InChI=1S/C7H11N.C2H4O2.BrH/c1-2-7-4-3-5-8-6-7;1-2(3)4;/h3-4,6,8H,2,5H2,1H3;1H3,(H,3,4);1H. The van der Waals surface area contributed by atoms with Crippen LogP contribution in [0.2, 0.25) is 0 Å². The summed E-state index contributed by atoms with van der Waals surface area (Å²) in [5.41, 5.74) is 1.39. The van der Waals surface area contributed by atoms with E-state index >= 15 is 0 Å². The smallest absolute Gasteiger partial charge is 0.300 e. The third kappa shape index (κ3) is 11.2. The van der Waals surface area contributed by atoms with Crippen molar-refractivity contribution in [2.75, 3.05) is 6.54 Å². The largest absolute Gasteiger partial charge is 0.481 e. The number of hydrogen-bond acceptors (Lipinski definition) is 2. The Kier molecular flexibility index (Phi) is 10.6. The molecule has 0 unspecified atom stereocenters. The molecule has 0 atom stereocenters. The lowest BCUT2D eigenvalue weighted by atomic mass is 10.2. The van der Waals surface area contributed by atoms with Crippen LogP contribution in [0.25, 0.3) is 0 Å². The molecule has 4 heteroatoms. The van der Waals surface area contributed by atoms with E-state index in [0.717, 1.165) is 19.9 Å². The molecule has 1 aliphatic rings. The molecule has 1 heterocycles. The van der Waals surface area contributed by atoms with Crippen LogP contribution < -0.4 is 5.32 Å². The van der Waals surface area contributed by atoms with Gasteiger partial charge in [0.2, 0.25) is 0 Å². The number of halogens is 1. The Bertz CT molecular complexity index is 196. The van der Waals surface area contributed by atoms with Crippen LogP contribution in [0.5, 0.6) is 0 Å². The second-order valence-corrected chi connectivity index (χ2v) is 2.40. The highest BCUT2D eigenvalue weighted by molar-refractivity contribution is 8.93. The van der Waals surface area contributed by atoms with Crippen molar-refractivity contribution in [2.24, 2.45) is 0 Å². The van der Waals surface area contributed by atoms with Crippen molar-refractivity contribution < 1.29 is 9.90 Å². The van der Waals surface area contributed by atoms with Crippen molar-refractivity contribution in [2.45, 2.75) is 20.3 Å². The Balaban J connectivity index is 0. The minimum Gasteiger partial charge on any atom is -0.481 e. The number of nitrogens with one attached hydrogen (secondary N) is 1. The molecule has 2 N–H and O–H groups in total.